The molecule has 0 spiro atoms. The number of amides is 1. The van der Waals surface area contributed by atoms with Crippen molar-refractivity contribution in [2.45, 2.75) is 0 Å². The molecule has 0 bridgehead atoms. The van der Waals surface area contributed by atoms with Crippen LogP contribution >= 0.6 is 0 Å². The predicted molar refractivity (Wildman–Crippen MR) is 83.0 cm³/mol. The Hall–Kier alpha value is -2.32. The average Bonchev–Trinajstić information content (AvgIpc) is 3.06. The SMILES string of the molecule is O=C(NCCN1CCNCC1)c1cnn(-c2ccc(F)cc2)n1. The zero-order chi connectivity index (χ0) is 16.1. The molecular formula is C15H19FN6O. The molecule has 122 valence electrons. The van der Waals surface area contributed by atoms with Crippen molar-refractivity contribution >= 4 is 5.91 Å². The van der Waals surface area contributed by atoms with E-state index in [1.54, 1.807) is 12.1 Å². The summed E-state index contributed by atoms with van der Waals surface area (Å²) < 4.78 is 12.9. The van der Waals surface area contributed by atoms with Gasteiger partial charge in [0, 0.05) is 39.3 Å². The lowest BCUT2D eigenvalue weighted by Crippen LogP contribution is -2.46. The minimum atomic E-state index is -0.327. The van der Waals surface area contributed by atoms with Gasteiger partial charge in [0.2, 0.25) is 0 Å². The second-order valence-electron chi connectivity index (χ2n) is 5.34. The van der Waals surface area contributed by atoms with E-state index in [-0.39, 0.29) is 17.4 Å². The molecule has 0 atom stereocenters. The van der Waals surface area contributed by atoms with Crippen LogP contribution in [0.4, 0.5) is 4.39 Å². The molecular weight excluding hydrogens is 299 g/mol. The predicted octanol–water partition coefficient (Wildman–Crippen LogP) is 0.0414. The normalized spacial score (nSPS) is 15.5. The lowest BCUT2D eigenvalue weighted by molar-refractivity contribution is 0.0942. The smallest absolute Gasteiger partial charge is 0.273 e. The number of rotatable bonds is 5. The molecule has 0 saturated carbocycles. The maximum atomic E-state index is 12.9. The summed E-state index contributed by atoms with van der Waals surface area (Å²) in [6.45, 7) is 5.36. The van der Waals surface area contributed by atoms with Crippen molar-refractivity contribution in [3.05, 3.63) is 42.0 Å². The largest absolute Gasteiger partial charge is 0.349 e. The molecule has 0 aliphatic carbocycles. The second-order valence-corrected chi connectivity index (χ2v) is 5.34. The van der Waals surface area contributed by atoms with Crippen LogP contribution in [0.3, 0.4) is 0 Å². The number of piperazine rings is 1. The lowest BCUT2D eigenvalue weighted by atomic mass is 10.3. The second kappa shape index (κ2) is 7.30. The third kappa shape index (κ3) is 4.11. The van der Waals surface area contributed by atoms with Gasteiger partial charge in [-0.25, -0.2) is 4.39 Å². The third-order valence-corrected chi connectivity index (χ3v) is 3.71. The molecule has 0 unspecified atom stereocenters. The molecule has 2 N–H and O–H groups in total. The van der Waals surface area contributed by atoms with Crippen LogP contribution in [-0.2, 0) is 0 Å². The van der Waals surface area contributed by atoms with E-state index in [2.05, 4.69) is 25.7 Å². The third-order valence-electron chi connectivity index (χ3n) is 3.71. The van der Waals surface area contributed by atoms with Crippen molar-refractivity contribution in [3.8, 4) is 5.69 Å². The molecule has 1 fully saturated rings. The highest BCUT2D eigenvalue weighted by Gasteiger charge is 2.13. The number of nitrogens with zero attached hydrogens (tertiary/aromatic N) is 4. The van der Waals surface area contributed by atoms with Gasteiger partial charge in [-0.2, -0.15) is 9.90 Å². The fourth-order valence-electron chi connectivity index (χ4n) is 2.42. The van der Waals surface area contributed by atoms with Crippen molar-refractivity contribution in [1.82, 2.24) is 30.5 Å². The van der Waals surface area contributed by atoms with Crippen LogP contribution in [0, 0.1) is 5.82 Å². The van der Waals surface area contributed by atoms with Crippen LogP contribution in [0.1, 0.15) is 10.5 Å². The van der Waals surface area contributed by atoms with Crippen LogP contribution in [-0.4, -0.2) is 65.1 Å². The standard InChI is InChI=1S/C15H19FN6O/c16-12-1-3-13(4-2-12)22-19-11-14(20-22)15(23)18-7-10-21-8-5-17-6-9-21/h1-4,11,17H,5-10H2,(H,18,23). The van der Waals surface area contributed by atoms with E-state index in [0.29, 0.717) is 12.2 Å². The van der Waals surface area contributed by atoms with E-state index in [1.807, 2.05) is 0 Å². The van der Waals surface area contributed by atoms with Crippen molar-refractivity contribution in [1.29, 1.82) is 0 Å². The average molecular weight is 318 g/mol. The summed E-state index contributed by atoms with van der Waals surface area (Å²) in [6, 6.07) is 5.76. The molecule has 7 nitrogen and oxygen atoms in total. The van der Waals surface area contributed by atoms with Crippen LogP contribution in [0.2, 0.25) is 0 Å². The summed E-state index contributed by atoms with van der Waals surface area (Å²) >= 11 is 0. The molecule has 1 aromatic carbocycles. The molecule has 1 aliphatic rings. The summed E-state index contributed by atoms with van der Waals surface area (Å²) in [7, 11) is 0. The zero-order valence-electron chi connectivity index (χ0n) is 12.7. The topological polar surface area (TPSA) is 75.1 Å². The first kappa shape index (κ1) is 15.6. The zero-order valence-corrected chi connectivity index (χ0v) is 12.7. The summed E-state index contributed by atoms with van der Waals surface area (Å²) in [5.41, 5.74) is 0.848. The van der Waals surface area contributed by atoms with Crippen molar-refractivity contribution in [2.75, 3.05) is 39.3 Å². The number of carbonyl (C=O) groups excluding carboxylic acids is 1. The Morgan fingerprint density at radius 1 is 1.26 bits per heavy atom. The van der Waals surface area contributed by atoms with E-state index in [4.69, 9.17) is 0 Å². The van der Waals surface area contributed by atoms with E-state index in [9.17, 15) is 9.18 Å². The van der Waals surface area contributed by atoms with E-state index >= 15 is 0 Å². The van der Waals surface area contributed by atoms with Gasteiger partial charge in [0.05, 0.1) is 11.9 Å². The van der Waals surface area contributed by atoms with E-state index < -0.39 is 0 Å². The van der Waals surface area contributed by atoms with Gasteiger partial charge in [-0.3, -0.25) is 9.69 Å². The fourth-order valence-corrected chi connectivity index (χ4v) is 2.42. The number of benzene rings is 1. The molecule has 1 aliphatic heterocycles. The number of hydrogen-bond acceptors (Lipinski definition) is 5. The van der Waals surface area contributed by atoms with Gasteiger partial charge in [0.1, 0.15) is 5.82 Å². The Balaban J connectivity index is 1.52. The minimum absolute atomic E-state index is 0.245. The Morgan fingerprint density at radius 3 is 2.74 bits per heavy atom. The van der Waals surface area contributed by atoms with Crippen molar-refractivity contribution in [2.24, 2.45) is 0 Å². The van der Waals surface area contributed by atoms with E-state index in [0.717, 1.165) is 32.7 Å². The van der Waals surface area contributed by atoms with Gasteiger partial charge in [0.15, 0.2) is 5.69 Å². The summed E-state index contributed by atoms with van der Waals surface area (Å²) in [4.78, 5) is 15.7. The van der Waals surface area contributed by atoms with Crippen molar-refractivity contribution < 1.29 is 9.18 Å². The molecule has 1 saturated heterocycles. The maximum Gasteiger partial charge on any atom is 0.273 e. The Kier molecular flexibility index (Phi) is 4.94. The van der Waals surface area contributed by atoms with Gasteiger partial charge in [-0.1, -0.05) is 0 Å². The van der Waals surface area contributed by atoms with E-state index in [1.165, 1.54) is 23.1 Å². The number of carbonyl (C=O) groups is 1. The number of halogens is 1. The first-order valence-corrected chi connectivity index (χ1v) is 7.62. The molecule has 1 amide bonds. The number of aromatic nitrogens is 3. The van der Waals surface area contributed by atoms with Crippen LogP contribution < -0.4 is 10.6 Å². The molecule has 2 aromatic rings. The fraction of sp³-hybridized carbons (Fsp3) is 0.400. The highest BCUT2D eigenvalue weighted by Crippen LogP contribution is 2.06. The van der Waals surface area contributed by atoms with Crippen LogP contribution in [0.25, 0.3) is 5.69 Å². The highest BCUT2D eigenvalue weighted by molar-refractivity contribution is 5.91. The Bertz CT molecular complexity index is 650. The Labute approximate surface area is 133 Å². The van der Waals surface area contributed by atoms with Gasteiger partial charge < -0.3 is 10.6 Å². The van der Waals surface area contributed by atoms with Gasteiger partial charge in [-0.05, 0) is 24.3 Å². The Morgan fingerprint density at radius 2 is 2.00 bits per heavy atom. The van der Waals surface area contributed by atoms with Crippen LogP contribution in [0.15, 0.2) is 30.5 Å². The molecule has 2 heterocycles. The highest BCUT2D eigenvalue weighted by atomic mass is 19.1. The maximum absolute atomic E-state index is 12.9. The molecule has 3 rings (SSSR count). The number of nitrogens with one attached hydrogen (secondary N) is 2. The van der Waals surface area contributed by atoms with Crippen molar-refractivity contribution in [3.63, 3.8) is 0 Å². The number of hydrogen-bond donors (Lipinski definition) is 2. The summed E-state index contributed by atoms with van der Waals surface area (Å²) in [5, 5.41) is 14.3. The molecule has 0 radical (unpaired) electrons. The summed E-state index contributed by atoms with van der Waals surface area (Å²) in [5.74, 6) is -0.583. The van der Waals surface area contributed by atoms with Gasteiger partial charge in [-0.15, -0.1) is 5.10 Å². The molecule has 1 aromatic heterocycles. The van der Waals surface area contributed by atoms with Gasteiger partial charge >= 0.3 is 0 Å². The summed E-state index contributed by atoms with van der Waals surface area (Å²) in [6.07, 6.45) is 1.41. The monoisotopic (exact) mass is 318 g/mol. The van der Waals surface area contributed by atoms with Gasteiger partial charge in [0.25, 0.3) is 5.91 Å². The quantitative estimate of drug-likeness (QED) is 0.814. The first-order valence-electron chi connectivity index (χ1n) is 7.62. The first-order chi connectivity index (χ1) is 11.2. The van der Waals surface area contributed by atoms with Crippen LogP contribution in [0.5, 0.6) is 0 Å². The minimum Gasteiger partial charge on any atom is -0.349 e. The molecule has 8 heteroatoms. The molecule has 23 heavy (non-hydrogen) atoms. The lowest BCUT2D eigenvalue weighted by Gasteiger charge is -2.26.